The monoisotopic (exact) mass is 440 g/mol. The van der Waals surface area contributed by atoms with Gasteiger partial charge in [-0.2, -0.15) is 0 Å². The van der Waals surface area contributed by atoms with Gasteiger partial charge in [-0.25, -0.2) is 4.79 Å². The lowest BCUT2D eigenvalue weighted by molar-refractivity contribution is -0.131. The lowest BCUT2D eigenvalue weighted by Gasteiger charge is -2.24. The van der Waals surface area contributed by atoms with E-state index in [9.17, 15) is 14.4 Å². The van der Waals surface area contributed by atoms with Crippen molar-refractivity contribution in [2.75, 3.05) is 0 Å². The van der Waals surface area contributed by atoms with E-state index in [4.69, 9.17) is 16.0 Å². The van der Waals surface area contributed by atoms with Crippen molar-refractivity contribution in [3.8, 4) is 0 Å². The molecule has 5 rings (SSSR count). The third kappa shape index (κ3) is 3.57. The van der Waals surface area contributed by atoms with Gasteiger partial charge in [-0.05, 0) is 43.0 Å². The van der Waals surface area contributed by atoms with Crippen LogP contribution in [0.2, 0.25) is 5.02 Å². The lowest BCUT2D eigenvalue weighted by atomic mass is 9.91. The summed E-state index contributed by atoms with van der Waals surface area (Å²) < 4.78 is 5.21. The van der Waals surface area contributed by atoms with Crippen LogP contribution >= 0.6 is 11.6 Å². The van der Waals surface area contributed by atoms with Gasteiger partial charge in [0.2, 0.25) is 5.91 Å². The molecule has 3 heterocycles. The zero-order valence-electron chi connectivity index (χ0n) is 16.6. The van der Waals surface area contributed by atoms with Gasteiger partial charge in [0.05, 0.1) is 35.8 Å². The van der Waals surface area contributed by atoms with Crippen LogP contribution in [0.15, 0.2) is 41.0 Å². The van der Waals surface area contributed by atoms with E-state index in [1.54, 1.807) is 12.1 Å². The number of aromatic amines is 1. The van der Waals surface area contributed by atoms with Gasteiger partial charge in [0.1, 0.15) is 11.8 Å². The number of fused-ring (bicyclic) bond motifs is 3. The number of nitrogens with one attached hydrogen (secondary N) is 3. The van der Waals surface area contributed by atoms with Gasteiger partial charge in [-0.15, -0.1) is 0 Å². The zero-order valence-corrected chi connectivity index (χ0v) is 17.4. The van der Waals surface area contributed by atoms with Crippen molar-refractivity contribution in [2.24, 2.45) is 0 Å². The first-order valence-electron chi connectivity index (χ1n) is 10.2. The van der Waals surface area contributed by atoms with Gasteiger partial charge in [0.15, 0.2) is 0 Å². The highest BCUT2D eigenvalue weighted by Crippen LogP contribution is 2.37. The van der Waals surface area contributed by atoms with Gasteiger partial charge in [0.25, 0.3) is 5.91 Å². The highest BCUT2D eigenvalue weighted by molar-refractivity contribution is 6.35. The number of carbonyl (C=O) groups excluding carboxylic acids is 3. The first-order valence-corrected chi connectivity index (χ1v) is 10.6. The van der Waals surface area contributed by atoms with Gasteiger partial charge in [-0.3, -0.25) is 14.5 Å². The second-order valence-electron chi connectivity index (χ2n) is 7.90. The molecule has 1 aromatic carbocycles. The number of hydrogen-bond donors (Lipinski definition) is 3. The SMILES string of the molecule is O=C(C[C@@H]1NC(=O)N(Cc2ccco2)C1=O)N[C@H]1CCCc2c1[nH]c1c(Cl)cccc21. The van der Waals surface area contributed by atoms with E-state index in [2.05, 4.69) is 15.6 Å². The van der Waals surface area contributed by atoms with E-state index in [-0.39, 0.29) is 24.9 Å². The number of para-hydroxylation sites is 1. The number of carbonyl (C=O) groups is 3. The summed E-state index contributed by atoms with van der Waals surface area (Å²) in [6, 6.07) is 7.56. The molecule has 1 aliphatic heterocycles. The molecule has 3 N–H and O–H groups in total. The molecular weight excluding hydrogens is 420 g/mol. The van der Waals surface area contributed by atoms with Gasteiger partial charge < -0.3 is 20.0 Å². The average Bonchev–Trinajstić information content (AvgIpc) is 3.45. The molecule has 8 nitrogen and oxygen atoms in total. The number of H-pyrrole nitrogens is 1. The Morgan fingerprint density at radius 2 is 2.13 bits per heavy atom. The fourth-order valence-corrected chi connectivity index (χ4v) is 4.68. The van der Waals surface area contributed by atoms with Crippen molar-refractivity contribution >= 4 is 40.3 Å². The predicted octanol–water partition coefficient (Wildman–Crippen LogP) is 3.42. The second-order valence-corrected chi connectivity index (χ2v) is 8.31. The summed E-state index contributed by atoms with van der Waals surface area (Å²) in [5.41, 5.74) is 3.01. The molecule has 0 bridgehead atoms. The molecule has 9 heteroatoms. The van der Waals surface area contributed by atoms with Gasteiger partial charge in [-0.1, -0.05) is 23.7 Å². The number of halogens is 1. The fourth-order valence-electron chi connectivity index (χ4n) is 4.46. The lowest BCUT2D eigenvalue weighted by Crippen LogP contribution is -2.38. The first-order chi connectivity index (χ1) is 15.0. The maximum atomic E-state index is 12.7. The Kier molecular flexibility index (Phi) is 4.94. The van der Waals surface area contributed by atoms with Crippen molar-refractivity contribution in [3.63, 3.8) is 0 Å². The smallest absolute Gasteiger partial charge is 0.325 e. The quantitative estimate of drug-likeness (QED) is 0.528. The number of amides is 4. The van der Waals surface area contributed by atoms with Crippen molar-refractivity contribution in [1.82, 2.24) is 20.5 Å². The molecule has 3 aromatic rings. The summed E-state index contributed by atoms with van der Waals surface area (Å²) in [6.45, 7) is 0.0393. The molecular formula is C22H21ClN4O4. The second kappa shape index (κ2) is 7.77. The molecule has 2 atom stereocenters. The molecule has 1 fully saturated rings. The summed E-state index contributed by atoms with van der Waals surface area (Å²) in [7, 11) is 0. The minimum Gasteiger partial charge on any atom is -0.467 e. The molecule has 0 unspecified atom stereocenters. The number of imide groups is 1. The number of urea groups is 1. The molecule has 1 aliphatic carbocycles. The topological polar surface area (TPSA) is 107 Å². The average molecular weight is 441 g/mol. The van der Waals surface area contributed by atoms with Crippen LogP contribution in [0.1, 0.15) is 42.3 Å². The minimum atomic E-state index is -0.886. The van der Waals surface area contributed by atoms with Crippen LogP contribution in [0.3, 0.4) is 0 Å². The maximum Gasteiger partial charge on any atom is 0.325 e. The van der Waals surface area contributed by atoms with Crippen molar-refractivity contribution < 1.29 is 18.8 Å². The Bertz CT molecular complexity index is 1170. The Hall–Kier alpha value is -3.26. The summed E-state index contributed by atoms with van der Waals surface area (Å²) in [5, 5.41) is 7.34. The van der Waals surface area contributed by atoms with Crippen LogP contribution in [-0.4, -0.2) is 33.8 Å². The van der Waals surface area contributed by atoms with Crippen molar-refractivity contribution in [2.45, 2.75) is 44.3 Å². The normalized spacial score (nSPS) is 20.7. The molecule has 0 radical (unpaired) electrons. The maximum absolute atomic E-state index is 12.7. The van der Waals surface area contributed by atoms with Crippen LogP contribution < -0.4 is 10.6 Å². The molecule has 1 saturated heterocycles. The standard InChI is InChI=1S/C22H21ClN4O4/c23-15-7-1-5-13-14-6-2-8-16(20(14)26-19(13)15)24-18(28)10-17-21(29)27(22(30)25-17)11-12-4-3-9-31-12/h1,3-5,7,9,16-17,26H,2,6,8,10-11H2,(H,24,28)(H,25,30)/t16-,17-/m0/s1. The Labute approximate surface area is 182 Å². The molecule has 4 amide bonds. The molecule has 160 valence electrons. The third-order valence-electron chi connectivity index (χ3n) is 5.92. The van der Waals surface area contributed by atoms with E-state index >= 15 is 0 Å². The number of benzene rings is 1. The van der Waals surface area contributed by atoms with E-state index < -0.39 is 18.0 Å². The van der Waals surface area contributed by atoms with Crippen molar-refractivity contribution in [1.29, 1.82) is 0 Å². The summed E-state index contributed by atoms with van der Waals surface area (Å²) in [6.07, 6.45) is 4.01. The Balaban J connectivity index is 1.28. The van der Waals surface area contributed by atoms with Crippen LogP contribution in [0, 0.1) is 0 Å². The number of hydrogen-bond acceptors (Lipinski definition) is 4. The van der Waals surface area contributed by atoms with Gasteiger partial charge >= 0.3 is 6.03 Å². The minimum absolute atomic E-state index is 0.0393. The van der Waals surface area contributed by atoms with E-state index in [1.165, 1.54) is 11.8 Å². The molecule has 2 aromatic heterocycles. The highest BCUT2D eigenvalue weighted by atomic mass is 35.5. The largest absolute Gasteiger partial charge is 0.467 e. The molecule has 2 aliphatic rings. The van der Waals surface area contributed by atoms with E-state index in [1.807, 2.05) is 18.2 Å². The number of rotatable bonds is 5. The van der Waals surface area contributed by atoms with E-state index in [0.717, 1.165) is 40.8 Å². The molecule has 0 saturated carbocycles. The Morgan fingerprint density at radius 3 is 2.94 bits per heavy atom. The third-order valence-corrected chi connectivity index (χ3v) is 6.23. The van der Waals surface area contributed by atoms with Crippen LogP contribution in [0.4, 0.5) is 4.79 Å². The first kappa shape index (κ1) is 19.7. The number of furan rings is 1. The fraction of sp³-hybridized carbons (Fsp3) is 0.318. The van der Waals surface area contributed by atoms with Crippen LogP contribution in [0.5, 0.6) is 0 Å². The zero-order chi connectivity index (χ0) is 21.5. The predicted molar refractivity (Wildman–Crippen MR) is 113 cm³/mol. The summed E-state index contributed by atoms with van der Waals surface area (Å²) in [5.74, 6) is -0.222. The molecule has 0 spiro atoms. The van der Waals surface area contributed by atoms with Crippen LogP contribution in [0.25, 0.3) is 10.9 Å². The number of aryl methyl sites for hydroxylation is 1. The van der Waals surface area contributed by atoms with Gasteiger partial charge in [0, 0.05) is 11.1 Å². The van der Waals surface area contributed by atoms with Crippen molar-refractivity contribution in [3.05, 3.63) is 58.6 Å². The summed E-state index contributed by atoms with van der Waals surface area (Å²) in [4.78, 5) is 42.0. The number of nitrogens with zero attached hydrogens (tertiary/aromatic N) is 1. The Morgan fingerprint density at radius 1 is 1.26 bits per heavy atom. The summed E-state index contributed by atoms with van der Waals surface area (Å²) >= 11 is 6.33. The molecule has 31 heavy (non-hydrogen) atoms. The number of aromatic nitrogens is 1. The van der Waals surface area contributed by atoms with E-state index in [0.29, 0.717) is 10.8 Å². The highest BCUT2D eigenvalue weighted by Gasteiger charge is 2.40. The van der Waals surface area contributed by atoms with Crippen LogP contribution in [-0.2, 0) is 22.6 Å².